The number of carbonyl (C=O) groups is 2. The summed E-state index contributed by atoms with van der Waals surface area (Å²) in [6.45, 7) is 5.59. The Hall–Kier alpha value is -2.70. The van der Waals surface area contributed by atoms with Crippen molar-refractivity contribution < 1.29 is 14.1 Å². The SMILES string of the molecule is CC(C)c1noc(CN2C(=O)[C@@H](C)N(c3ccccc3)C2=O)n1. The predicted octanol–water partition coefficient (Wildman–Crippen LogP) is 2.55. The van der Waals surface area contributed by atoms with Crippen molar-refractivity contribution >= 4 is 17.6 Å². The lowest BCUT2D eigenvalue weighted by Crippen LogP contribution is -2.33. The molecule has 1 aliphatic rings. The number of hydrogen-bond acceptors (Lipinski definition) is 5. The standard InChI is InChI=1S/C16H18N4O3/c1-10(2)14-17-13(23-18-14)9-19-15(21)11(3)20(16(19)22)12-7-5-4-6-8-12/h4-8,10-11H,9H2,1-3H3/t11-/m1/s1. The van der Waals surface area contributed by atoms with Crippen molar-refractivity contribution in [3.05, 3.63) is 42.0 Å². The summed E-state index contributed by atoms with van der Waals surface area (Å²) in [5, 5.41) is 3.86. The predicted molar refractivity (Wildman–Crippen MR) is 82.7 cm³/mol. The van der Waals surface area contributed by atoms with Gasteiger partial charge in [0.1, 0.15) is 12.6 Å². The van der Waals surface area contributed by atoms with Gasteiger partial charge >= 0.3 is 6.03 Å². The van der Waals surface area contributed by atoms with E-state index in [9.17, 15) is 9.59 Å². The quantitative estimate of drug-likeness (QED) is 0.810. The van der Waals surface area contributed by atoms with Crippen molar-refractivity contribution in [1.29, 1.82) is 0 Å². The molecule has 1 aliphatic heterocycles. The van der Waals surface area contributed by atoms with Gasteiger partial charge in [0.05, 0.1) is 0 Å². The van der Waals surface area contributed by atoms with Gasteiger partial charge in [0.25, 0.3) is 5.91 Å². The first kappa shape index (κ1) is 15.2. The molecule has 0 radical (unpaired) electrons. The maximum absolute atomic E-state index is 12.6. The Morgan fingerprint density at radius 3 is 2.52 bits per heavy atom. The van der Waals surface area contributed by atoms with Gasteiger partial charge in [0, 0.05) is 11.6 Å². The van der Waals surface area contributed by atoms with E-state index < -0.39 is 6.04 Å². The lowest BCUT2D eigenvalue weighted by molar-refractivity contribution is -0.127. The van der Waals surface area contributed by atoms with Crippen LogP contribution in [0.15, 0.2) is 34.9 Å². The maximum Gasteiger partial charge on any atom is 0.332 e. The molecule has 23 heavy (non-hydrogen) atoms. The second kappa shape index (κ2) is 5.83. The molecule has 1 saturated heterocycles. The first-order valence-corrected chi connectivity index (χ1v) is 7.51. The summed E-state index contributed by atoms with van der Waals surface area (Å²) in [4.78, 5) is 31.9. The Labute approximate surface area is 133 Å². The number of rotatable bonds is 4. The minimum Gasteiger partial charge on any atom is -0.337 e. The fourth-order valence-electron chi connectivity index (χ4n) is 2.50. The number of imide groups is 1. The zero-order valence-corrected chi connectivity index (χ0v) is 13.3. The van der Waals surface area contributed by atoms with Crippen molar-refractivity contribution in [2.75, 3.05) is 4.90 Å². The van der Waals surface area contributed by atoms with Crippen LogP contribution in [0.2, 0.25) is 0 Å². The van der Waals surface area contributed by atoms with Gasteiger partial charge in [-0.25, -0.2) is 4.79 Å². The molecule has 3 amide bonds. The molecule has 1 fully saturated rings. The fraction of sp³-hybridized carbons (Fsp3) is 0.375. The Balaban J connectivity index is 1.83. The van der Waals surface area contributed by atoms with Gasteiger partial charge in [-0.15, -0.1) is 0 Å². The number of urea groups is 1. The van der Waals surface area contributed by atoms with E-state index in [0.717, 1.165) is 4.90 Å². The van der Waals surface area contributed by atoms with Crippen LogP contribution in [0.3, 0.4) is 0 Å². The van der Waals surface area contributed by atoms with E-state index in [1.165, 1.54) is 4.90 Å². The van der Waals surface area contributed by atoms with Crippen molar-refractivity contribution in [1.82, 2.24) is 15.0 Å². The molecule has 0 aliphatic carbocycles. The van der Waals surface area contributed by atoms with Gasteiger partial charge in [-0.3, -0.25) is 14.6 Å². The molecule has 0 saturated carbocycles. The average molecular weight is 314 g/mol. The Morgan fingerprint density at radius 1 is 1.22 bits per heavy atom. The molecule has 7 heteroatoms. The number of nitrogens with zero attached hydrogens (tertiary/aromatic N) is 4. The van der Waals surface area contributed by atoms with E-state index in [0.29, 0.717) is 11.5 Å². The molecule has 0 N–H and O–H groups in total. The van der Waals surface area contributed by atoms with E-state index in [1.54, 1.807) is 19.1 Å². The molecule has 3 rings (SSSR count). The minimum atomic E-state index is -0.558. The van der Waals surface area contributed by atoms with Crippen LogP contribution in [-0.4, -0.2) is 33.0 Å². The molecule has 7 nitrogen and oxygen atoms in total. The van der Waals surface area contributed by atoms with E-state index in [-0.39, 0.29) is 30.3 Å². The molecule has 2 aromatic rings. The molecular formula is C16H18N4O3. The van der Waals surface area contributed by atoms with Gasteiger partial charge in [-0.2, -0.15) is 4.98 Å². The molecule has 0 spiro atoms. The van der Waals surface area contributed by atoms with Crippen LogP contribution in [0.4, 0.5) is 10.5 Å². The lowest BCUT2D eigenvalue weighted by Gasteiger charge is -2.18. The monoisotopic (exact) mass is 314 g/mol. The number of para-hydroxylation sites is 1. The summed E-state index contributed by atoms with van der Waals surface area (Å²) in [5.41, 5.74) is 0.689. The summed E-state index contributed by atoms with van der Waals surface area (Å²) in [5.74, 6) is 0.671. The van der Waals surface area contributed by atoms with E-state index >= 15 is 0 Å². The molecule has 2 heterocycles. The smallest absolute Gasteiger partial charge is 0.332 e. The van der Waals surface area contributed by atoms with Gasteiger partial charge in [-0.1, -0.05) is 37.2 Å². The van der Waals surface area contributed by atoms with Gasteiger partial charge < -0.3 is 4.52 Å². The molecule has 1 atom stereocenters. The van der Waals surface area contributed by atoms with Crippen LogP contribution in [0, 0.1) is 0 Å². The normalized spacial score (nSPS) is 18.3. The first-order chi connectivity index (χ1) is 11.0. The van der Waals surface area contributed by atoms with Crippen LogP contribution >= 0.6 is 0 Å². The Morgan fingerprint density at radius 2 is 1.91 bits per heavy atom. The second-order valence-corrected chi connectivity index (χ2v) is 5.79. The number of benzene rings is 1. The van der Waals surface area contributed by atoms with E-state index in [4.69, 9.17) is 4.52 Å². The number of anilines is 1. The molecule has 1 aromatic heterocycles. The molecular weight excluding hydrogens is 296 g/mol. The third-order valence-corrected chi connectivity index (χ3v) is 3.78. The van der Waals surface area contributed by atoms with Crippen LogP contribution in [0.1, 0.15) is 38.4 Å². The molecule has 1 aromatic carbocycles. The first-order valence-electron chi connectivity index (χ1n) is 7.51. The summed E-state index contributed by atoms with van der Waals surface area (Å²) >= 11 is 0. The largest absolute Gasteiger partial charge is 0.337 e. The summed E-state index contributed by atoms with van der Waals surface area (Å²) in [6.07, 6.45) is 0. The van der Waals surface area contributed by atoms with Gasteiger partial charge in [0.2, 0.25) is 5.89 Å². The number of carbonyl (C=O) groups excluding carboxylic acids is 2. The van der Waals surface area contributed by atoms with E-state index in [1.807, 2.05) is 32.0 Å². The number of aromatic nitrogens is 2. The van der Waals surface area contributed by atoms with Gasteiger partial charge in [0.15, 0.2) is 5.82 Å². The maximum atomic E-state index is 12.6. The third-order valence-electron chi connectivity index (χ3n) is 3.78. The van der Waals surface area contributed by atoms with Crippen LogP contribution in [0.5, 0.6) is 0 Å². The Kier molecular flexibility index (Phi) is 3.85. The zero-order valence-electron chi connectivity index (χ0n) is 13.3. The second-order valence-electron chi connectivity index (χ2n) is 5.79. The fourth-order valence-corrected chi connectivity index (χ4v) is 2.50. The van der Waals surface area contributed by atoms with Crippen LogP contribution in [-0.2, 0) is 11.3 Å². The highest BCUT2D eigenvalue weighted by Crippen LogP contribution is 2.26. The topological polar surface area (TPSA) is 79.5 Å². The highest BCUT2D eigenvalue weighted by atomic mass is 16.5. The summed E-state index contributed by atoms with van der Waals surface area (Å²) in [7, 11) is 0. The Bertz CT molecular complexity index is 726. The molecule has 0 unspecified atom stereocenters. The lowest BCUT2D eigenvalue weighted by atomic mass is 10.2. The van der Waals surface area contributed by atoms with Crippen molar-refractivity contribution in [2.24, 2.45) is 0 Å². The highest BCUT2D eigenvalue weighted by Gasteiger charge is 2.43. The molecule has 120 valence electrons. The highest BCUT2D eigenvalue weighted by molar-refractivity contribution is 6.13. The molecule has 0 bridgehead atoms. The van der Waals surface area contributed by atoms with Gasteiger partial charge in [-0.05, 0) is 19.1 Å². The minimum absolute atomic E-state index is 0.00887. The average Bonchev–Trinajstić information content (AvgIpc) is 3.08. The zero-order chi connectivity index (χ0) is 16.6. The summed E-state index contributed by atoms with van der Waals surface area (Å²) < 4.78 is 5.13. The summed E-state index contributed by atoms with van der Waals surface area (Å²) in [6, 6.07) is 8.18. The van der Waals surface area contributed by atoms with Crippen LogP contribution < -0.4 is 4.90 Å². The van der Waals surface area contributed by atoms with Crippen molar-refractivity contribution in [2.45, 2.75) is 39.3 Å². The third kappa shape index (κ3) is 2.69. The van der Waals surface area contributed by atoms with Crippen molar-refractivity contribution in [3.8, 4) is 0 Å². The number of hydrogen-bond donors (Lipinski definition) is 0. The van der Waals surface area contributed by atoms with Crippen molar-refractivity contribution in [3.63, 3.8) is 0 Å². The van der Waals surface area contributed by atoms with Crippen LogP contribution in [0.25, 0.3) is 0 Å². The van der Waals surface area contributed by atoms with E-state index in [2.05, 4.69) is 10.1 Å². The number of amides is 3.